The molecule has 0 saturated heterocycles. The zero-order valence-electron chi connectivity index (χ0n) is 12.7. The van der Waals surface area contributed by atoms with Crippen LogP contribution in [0.4, 0.5) is 14.5 Å². The van der Waals surface area contributed by atoms with E-state index < -0.39 is 11.6 Å². The van der Waals surface area contributed by atoms with Gasteiger partial charge < -0.3 is 10.5 Å². The molecule has 1 aliphatic carbocycles. The van der Waals surface area contributed by atoms with Crippen LogP contribution in [-0.4, -0.2) is 6.61 Å². The molecule has 0 heterocycles. The summed E-state index contributed by atoms with van der Waals surface area (Å²) < 4.78 is 32.8. The maximum atomic E-state index is 13.8. The van der Waals surface area contributed by atoms with Gasteiger partial charge in [0.15, 0.2) is 11.6 Å². The second kappa shape index (κ2) is 7.62. The van der Waals surface area contributed by atoms with Crippen molar-refractivity contribution in [2.75, 3.05) is 12.3 Å². The van der Waals surface area contributed by atoms with Gasteiger partial charge in [0.1, 0.15) is 0 Å². The molecule has 0 bridgehead atoms. The number of hydrogen-bond acceptors (Lipinski definition) is 2. The quantitative estimate of drug-likeness (QED) is 0.756. The van der Waals surface area contributed by atoms with Crippen LogP contribution >= 0.6 is 0 Å². The molecule has 0 aliphatic heterocycles. The number of rotatable bonds is 6. The Labute approximate surface area is 125 Å². The second-order valence-electron chi connectivity index (χ2n) is 6.04. The Hall–Kier alpha value is -1.32. The van der Waals surface area contributed by atoms with Gasteiger partial charge in [0.2, 0.25) is 5.82 Å². The van der Waals surface area contributed by atoms with Crippen LogP contribution in [0, 0.1) is 23.5 Å². The molecule has 0 aromatic heterocycles. The van der Waals surface area contributed by atoms with Crippen molar-refractivity contribution in [3.63, 3.8) is 0 Å². The van der Waals surface area contributed by atoms with Crippen LogP contribution in [-0.2, 0) is 0 Å². The lowest BCUT2D eigenvalue weighted by atomic mass is 9.78. The molecule has 1 atom stereocenters. The molecule has 0 spiro atoms. The lowest BCUT2D eigenvalue weighted by molar-refractivity contribution is 0.149. The molecule has 1 unspecified atom stereocenters. The van der Waals surface area contributed by atoms with Crippen molar-refractivity contribution >= 4 is 5.69 Å². The summed E-state index contributed by atoms with van der Waals surface area (Å²) in [5.41, 5.74) is 5.16. The van der Waals surface area contributed by atoms with Gasteiger partial charge in [0.05, 0.1) is 12.3 Å². The van der Waals surface area contributed by atoms with Crippen molar-refractivity contribution in [3.8, 4) is 5.75 Å². The summed E-state index contributed by atoms with van der Waals surface area (Å²) in [6, 6.07) is 2.76. The number of hydrogen-bond donors (Lipinski definition) is 1. The van der Waals surface area contributed by atoms with Gasteiger partial charge in [-0.15, -0.1) is 0 Å². The number of anilines is 1. The Balaban J connectivity index is 1.99. The van der Waals surface area contributed by atoms with E-state index in [-0.39, 0.29) is 11.4 Å². The number of benzene rings is 1. The third kappa shape index (κ3) is 4.08. The average Bonchev–Trinajstić information content (AvgIpc) is 2.51. The third-order valence-electron chi connectivity index (χ3n) is 4.51. The van der Waals surface area contributed by atoms with Crippen LogP contribution < -0.4 is 10.5 Å². The summed E-state index contributed by atoms with van der Waals surface area (Å²) >= 11 is 0. The molecule has 0 amide bonds. The minimum Gasteiger partial charge on any atom is -0.490 e. The highest BCUT2D eigenvalue weighted by molar-refractivity contribution is 5.44. The molecule has 1 saturated carbocycles. The Kier molecular flexibility index (Phi) is 5.83. The van der Waals surface area contributed by atoms with Crippen LogP contribution in [0.3, 0.4) is 0 Å². The van der Waals surface area contributed by atoms with Gasteiger partial charge in [0.25, 0.3) is 0 Å². The van der Waals surface area contributed by atoms with E-state index in [0.717, 1.165) is 12.8 Å². The van der Waals surface area contributed by atoms with E-state index in [1.165, 1.54) is 44.2 Å². The topological polar surface area (TPSA) is 35.2 Å². The molecule has 0 radical (unpaired) electrons. The minimum absolute atomic E-state index is 0.0291. The predicted molar refractivity (Wildman–Crippen MR) is 81.2 cm³/mol. The maximum absolute atomic E-state index is 13.8. The normalized spacial score (nSPS) is 17.7. The van der Waals surface area contributed by atoms with Gasteiger partial charge in [-0.05, 0) is 30.4 Å². The highest BCUT2D eigenvalue weighted by Gasteiger charge is 2.24. The van der Waals surface area contributed by atoms with Crippen molar-refractivity contribution in [3.05, 3.63) is 23.8 Å². The molecule has 2 rings (SSSR count). The number of halogens is 2. The summed E-state index contributed by atoms with van der Waals surface area (Å²) in [6.07, 6.45) is 8.48. The Bertz CT molecular complexity index is 458. The minimum atomic E-state index is -1.02. The largest absolute Gasteiger partial charge is 0.490 e. The van der Waals surface area contributed by atoms with E-state index in [0.29, 0.717) is 18.4 Å². The lowest BCUT2D eigenvalue weighted by Crippen LogP contribution is -2.24. The molecule has 4 heteroatoms. The monoisotopic (exact) mass is 297 g/mol. The number of ether oxygens (including phenoxy) is 1. The zero-order chi connectivity index (χ0) is 15.2. The van der Waals surface area contributed by atoms with Crippen LogP contribution in [0.25, 0.3) is 0 Å². The molecule has 21 heavy (non-hydrogen) atoms. The standard InChI is InChI=1S/C17H25F2NO/c1-2-6-13(12-7-4-3-5-8-12)11-21-15-10-9-14(20)16(18)17(15)19/h9-10,12-13H,2-8,11,20H2,1H3. The third-order valence-corrected chi connectivity index (χ3v) is 4.51. The predicted octanol–water partition coefficient (Wildman–Crippen LogP) is 4.92. The summed E-state index contributed by atoms with van der Waals surface area (Å²) in [5.74, 6) is -0.944. The molecule has 2 nitrogen and oxygen atoms in total. The van der Waals surface area contributed by atoms with Gasteiger partial charge in [0, 0.05) is 0 Å². The fraction of sp³-hybridized carbons (Fsp3) is 0.647. The van der Waals surface area contributed by atoms with E-state index >= 15 is 0 Å². The number of nitrogen functional groups attached to an aromatic ring is 1. The lowest BCUT2D eigenvalue weighted by Gasteiger charge is -2.30. The SMILES string of the molecule is CCCC(COc1ccc(N)c(F)c1F)C1CCCCC1. The molecule has 1 aromatic rings. The molecule has 1 aromatic carbocycles. The average molecular weight is 297 g/mol. The summed E-state index contributed by atoms with van der Waals surface area (Å²) in [4.78, 5) is 0. The Morgan fingerprint density at radius 1 is 1.19 bits per heavy atom. The van der Waals surface area contributed by atoms with Crippen LogP contribution in [0.15, 0.2) is 12.1 Å². The highest BCUT2D eigenvalue weighted by atomic mass is 19.2. The molecule has 1 aliphatic rings. The maximum Gasteiger partial charge on any atom is 0.202 e. The summed E-state index contributed by atoms with van der Waals surface area (Å²) in [5, 5.41) is 0. The van der Waals surface area contributed by atoms with Crippen molar-refractivity contribution < 1.29 is 13.5 Å². The van der Waals surface area contributed by atoms with Crippen LogP contribution in [0.5, 0.6) is 5.75 Å². The van der Waals surface area contributed by atoms with Crippen molar-refractivity contribution in [1.29, 1.82) is 0 Å². The van der Waals surface area contributed by atoms with Gasteiger partial charge >= 0.3 is 0 Å². The fourth-order valence-electron chi connectivity index (χ4n) is 3.29. The molecule has 2 N–H and O–H groups in total. The van der Waals surface area contributed by atoms with Gasteiger partial charge in [-0.1, -0.05) is 45.4 Å². The first-order valence-corrected chi connectivity index (χ1v) is 7.99. The first-order valence-electron chi connectivity index (χ1n) is 7.99. The van der Waals surface area contributed by atoms with Gasteiger partial charge in [-0.3, -0.25) is 0 Å². The van der Waals surface area contributed by atoms with Crippen molar-refractivity contribution in [2.24, 2.45) is 11.8 Å². The fourth-order valence-corrected chi connectivity index (χ4v) is 3.29. The van der Waals surface area contributed by atoms with E-state index in [2.05, 4.69) is 6.92 Å². The summed E-state index contributed by atoms with van der Waals surface area (Å²) in [7, 11) is 0. The molecule has 118 valence electrons. The van der Waals surface area contributed by atoms with Crippen LogP contribution in [0.2, 0.25) is 0 Å². The second-order valence-corrected chi connectivity index (χ2v) is 6.04. The highest BCUT2D eigenvalue weighted by Crippen LogP contribution is 2.33. The summed E-state index contributed by atoms with van der Waals surface area (Å²) in [6.45, 7) is 2.61. The van der Waals surface area contributed by atoms with Gasteiger partial charge in [-0.2, -0.15) is 4.39 Å². The molecule has 1 fully saturated rings. The van der Waals surface area contributed by atoms with E-state index in [1.54, 1.807) is 0 Å². The van der Waals surface area contributed by atoms with E-state index in [9.17, 15) is 8.78 Å². The van der Waals surface area contributed by atoms with E-state index in [4.69, 9.17) is 10.5 Å². The molecular weight excluding hydrogens is 272 g/mol. The smallest absolute Gasteiger partial charge is 0.202 e. The van der Waals surface area contributed by atoms with Crippen LogP contribution in [0.1, 0.15) is 51.9 Å². The zero-order valence-corrected chi connectivity index (χ0v) is 12.7. The Morgan fingerprint density at radius 3 is 2.57 bits per heavy atom. The Morgan fingerprint density at radius 2 is 1.90 bits per heavy atom. The van der Waals surface area contributed by atoms with Gasteiger partial charge in [-0.25, -0.2) is 4.39 Å². The van der Waals surface area contributed by atoms with E-state index in [1.807, 2.05) is 0 Å². The first kappa shape index (κ1) is 16.1. The first-order chi connectivity index (χ1) is 10.1. The molecular formula is C17H25F2NO. The van der Waals surface area contributed by atoms with Crippen molar-refractivity contribution in [2.45, 2.75) is 51.9 Å². The van der Waals surface area contributed by atoms with Crippen molar-refractivity contribution in [1.82, 2.24) is 0 Å². The number of nitrogens with two attached hydrogens (primary N) is 1.